The predicted octanol–water partition coefficient (Wildman–Crippen LogP) is -1.64. The average molecular weight is 445 g/mol. The molecule has 2 saturated heterocycles. The Kier molecular flexibility index (Phi) is 5.97. The summed E-state index contributed by atoms with van der Waals surface area (Å²) in [4.78, 5) is 28.6. The van der Waals surface area contributed by atoms with Gasteiger partial charge < -0.3 is 48.3 Å². The van der Waals surface area contributed by atoms with Gasteiger partial charge in [-0.25, -0.2) is 4.79 Å². The summed E-state index contributed by atoms with van der Waals surface area (Å²) >= 11 is 0. The number of hydrogen-bond donors (Lipinski definition) is 7. The molecule has 0 spiro atoms. The fourth-order valence-corrected chi connectivity index (χ4v) is 3.97. The minimum atomic E-state index is -1.22. The first-order valence-corrected chi connectivity index (χ1v) is 10.3. The summed E-state index contributed by atoms with van der Waals surface area (Å²) in [6.45, 7) is 2.09. The van der Waals surface area contributed by atoms with Gasteiger partial charge >= 0.3 is 5.97 Å². The molecule has 32 heavy (non-hydrogen) atoms. The van der Waals surface area contributed by atoms with E-state index in [1.54, 1.807) is 0 Å². The molecule has 0 unspecified atom stereocenters. The molecule has 2 aliphatic heterocycles. The number of rotatable bonds is 5. The highest BCUT2D eigenvalue weighted by atomic mass is 16.4. The van der Waals surface area contributed by atoms with Gasteiger partial charge in [-0.2, -0.15) is 15.0 Å². The zero-order valence-corrected chi connectivity index (χ0v) is 17.4. The molecule has 2 fully saturated rings. The Morgan fingerprint density at radius 3 is 2.03 bits per heavy atom. The van der Waals surface area contributed by atoms with Crippen molar-refractivity contribution in [2.24, 2.45) is 22.9 Å². The summed E-state index contributed by atoms with van der Waals surface area (Å²) in [6.07, 6.45) is 0.713. The number of anilines is 4. The fraction of sp³-hybridized carbons (Fsp3) is 0.474. The summed E-state index contributed by atoms with van der Waals surface area (Å²) < 4.78 is 0. The molecule has 13 nitrogen and oxygen atoms in total. The van der Waals surface area contributed by atoms with Crippen LogP contribution in [0.25, 0.3) is 0 Å². The van der Waals surface area contributed by atoms with E-state index in [0.717, 1.165) is 0 Å². The summed E-state index contributed by atoms with van der Waals surface area (Å²) in [5, 5.41) is 22.1. The molecule has 0 amide bonds. The van der Waals surface area contributed by atoms with Crippen molar-refractivity contribution in [3.8, 4) is 5.75 Å². The molecule has 0 radical (unpaired) electrons. The van der Waals surface area contributed by atoms with E-state index in [-0.39, 0.29) is 41.4 Å². The first-order valence-electron chi connectivity index (χ1n) is 10.3. The minimum Gasteiger partial charge on any atom is -0.507 e. The summed E-state index contributed by atoms with van der Waals surface area (Å²) in [5.74, 6) is -0.572. The molecule has 0 bridgehead atoms. The van der Waals surface area contributed by atoms with Crippen LogP contribution in [0, 0.1) is 0 Å². The molecule has 4 rings (SSSR count). The van der Waals surface area contributed by atoms with Gasteiger partial charge in [-0.15, -0.1) is 0 Å². The number of carboxylic acids is 1. The van der Waals surface area contributed by atoms with Crippen molar-refractivity contribution in [2.75, 3.05) is 41.3 Å². The molecule has 11 N–H and O–H groups in total. The molecule has 1 aromatic carbocycles. The third-order valence-corrected chi connectivity index (χ3v) is 5.59. The van der Waals surface area contributed by atoms with Gasteiger partial charge in [0.15, 0.2) is 0 Å². The van der Waals surface area contributed by atoms with E-state index in [9.17, 15) is 9.90 Å². The molecule has 13 heteroatoms. The Labute approximate surface area is 184 Å². The molecule has 2 aliphatic rings. The van der Waals surface area contributed by atoms with Crippen LogP contribution >= 0.6 is 0 Å². The van der Waals surface area contributed by atoms with E-state index >= 15 is 0 Å². The van der Waals surface area contributed by atoms with Crippen LogP contribution in [0.5, 0.6) is 5.75 Å². The largest absolute Gasteiger partial charge is 0.507 e. The molecule has 0 saturated carbocycles. The van der Waals surface area contributed by atoms with Crippen molar-refractivity contribution in [1.82, 2.24) is 15.0 Å². The standard InChI is InChI=1S/C19H28N10O3/c20-9-3-10(21)6-28(5-9)18-25-17(24-11-1-2-12(16(31)32)15(30)4-11)26-19(27-18)29-7-13(22)14(23)8-29/h1-2,4,9-10,13-14,30H,3,5-8,20-23H2,(H,31,32)(H,24,25,26,27)/t9-,10+,13-,14+. The first-order chi connectivity index (χ1) is 15.2. The van der Waals surface area contributed by atoms with Gasteiger partial charge in [-0.3, -0.25) is 0 Å². The number of aromatic nitrogens is 3. The topological polar surface area (TPSA) is 219 Å². The first kappa shape index (κ1) is 22.0. The van der Waals surface area contributed by atoms with E-state index in [0.29, 0.717) is 50.2 Å². The third-order valence-electron chi connectivity index (χ3n) is 5.59. The quantitative estimate of drug-likeness (QED) is 0.275. The van der Waals surface area contributed by atoms with Gasteiger partial charge in [0.2, 0.25) is 17.8 Å². The number of aromatic hydroxyl groups is 1. The molecule has 1 aromatic heterocycles. The maximum Gasteiger partial charge on any atom is 0.339 e. The highest BCUT2D eigenvalue weighted by Gasteiger charge is 2.31. The van der Waals surface area contributed by atoms with Crippen LogP contribution < -0.4 is 38.1 Å². The Bertz CT molecular complexity index is 985. The maximum absolute atomic E-state index is 11.1. The van der Waals surface area contributed by atoms with Crippen molar-refractivity contribution >= 4 is 29.5 Å². The van der Waals surface area contributed by atoms with E-state index in [1.165, 1.54) is 18.2 Å². The SMILES string of the molecule is N[C@@H]1C[C@H](N)CN(c2nc(Nc3ccc(C(=O)O)c(O)c3)nc(N3C[C@@H](N)[C@@H](N)C3)n2)C1. The number of phenols is 1. The van der Waals surface area contributed by atoms with Crippen molar-refractivity contribution in [3.05, 3.63) is 23.8 Å². The summed E-state index contributed by atoms with van der Waals surface area (Å²) in [6, 6.07) is 3.48. The van der Waals surface area contributed by atoms with Gasteiger partial charge in [0.05, 0.1) is 0 Å². The van der Waals surface area contributed by atoms with Crippen LogP contribution in [-0.4, -0.2) is 81.5 Å². The Balaban J connectivity index is 1.67. The molecule has 2 aromatic rings. The van der Waals surface area contributed by atoms with E-state index in [4.69, 9.17) is 28.0 Å². The lowest BCUT2D eigenvalue weighted by molar-refractivity contribution is 0.0694. The molecular weight excluding hydrogens is 416 g/mol. The van der Waals surface area contributed by atoms with E-state index < -0.39 is 5.97 Å². The summed E-state index contributed by atoms with van der Waals surface area (Å²) in [7, 11) is 0. The second kappa shape index (κ2) is 8.70. The van der Waals surface area contributed by atoms with Crippen molar-refractivity contribution in [2.45, 2.75) is 30.6 Å². The average Bonchev–Trinajstić information content (AvgIpc) is 3.05. The van der Waals surface area contributed by atoms with Crippen LogP contribution in [0.2, 0.25) is 0 Å². The fourth-order valence-electron chi connectivity index (χ4n) is 3.97. The summed E-state index contributed by atoms with van der Waals surface area (Å²) in [5.41, 5.74) is 24.6. The zero-order valence-electron chi connectivity index (χ0n) is 17.4. The number of carbonyl (C=O) groups is 1. The monoisotopic (exact) mass is 444 g/mol. The van der Waals surface area contributed by atoms with Gasteiger partial charge in [0.1, 0.15) is 11.3 Å². The lowest BCUT2D eigenvalue weighted by Gasteiger charge is -2.35. The van der Waals surface area contributed by atoms with Crippen molar-refractivity contribution in [3.63, 3.8) is 0 Å². The number of nitrogens with two attached hydrogens (primary N) is 4. The van der Waals surface area contributed by atoms with Crippen molar-refractivity contribution < 1.29 is 15.0 Å². The molecule has 172 valence electrons. The molecular formula is C19H28N10O3. The number of nitrogens with one attached hydrogen (secondary N) is 1. The van der Waals surface area contributed by atoms with E-state index in [1.807, 2.05) is 9.80 Å². The maximum atomic E-state index is 11.1. The Morgan fingerprint density at radius 1 is 0.938 bits per heavy atom. The molecule has 3 heterocycles. The van der Waals surface area contributed by atoms with Gasteiger partial charge in [0, 0.05) is 62.1 Å². The van der Waals surface area contributed by atoms with Gasteiger partial charge in [-0.05, 0) is 18.6 Å². The predicted molar refractivity (Wildman–Crippen MR) is 119 cm³/mol. The number of piperidine rings is 1. The second-order valence-corrected chi connectivity index (χ2v) is 8.31. The second-order valence-electron chi connectivity index (χ2n) is 8.31. The lowest BCUT2D eigenvalue weighted by Crippen LogP contribution is -2.53. The van der Waals surface area contributed by atoms with Crippen molar-refractivity contribution in [1.29, 1.82) is 0 Å². The Hall–Kier alpha value is -3.26. The number of benzene rings is 1. The Morgan fingerprint density at radius 2 is 1.50 bits per heavy atom. The zero-order chi connectivity index (χ0) is 23.0. The lowest BCUT2D eigenvalue weighted by atomic mass is 10.0. The number of nitrogens with zero attached hydrogens (tertiary/aromatic N) is 5. The smallest absolute Gasteiger partial charge is 0.339 e. The third kappa shape index (κ3) is 4.65. The van der Waals surface area contributed by atoms with Crippen LogP contribution in [0.3, 0.4) is 0 Å². The van der Waals surface area contributed by atoms with E-state index in [2.05, 4.69) is 20.3 Å². The number of aromatic carboxylic acids is 1. The van der Waals surface area contributed by atoms with Crippen LogP contribution in [0.1, 0.15) is 16.8 Å². The molecule has 0 aliphatic carbocycles. The minimum absolute atomic E-state index is 0.107. The normalized spacial score (nSPS) is 25.8. The van der Waals surface area contributed by atoms with Crippen LogP contribution in [0.15, 0.2) is 18.2 Å². The highest BCUT2D eigenvalue weighted by molar-refractivity contribution is 5.91. The number of carboxylic acid groups (broad SMARTS) is 1. The number of hydrogen-bond acceptors (Lipinski definition) is 12. The van der Waals surface area contributed by atoms with Crippen LogP contribution in [-0.2, 0) is 0 Å². The highest BCUT2D eigenvalue weighted by Crippen LogP contribution is 2.26. The molecule has 4 atom stereocenters. The van der Waals surface area contributed by atoms with Crippen LogP contribution in [0.4, 0.5) is 23.5 Å². The van der Waals surface area contributed by atoms with Gasteiger partial charge in [0.25, 0.3) is 0 Å². The van der Waals surface area contributed by atoms with Gasteiger partial charge in [-0.1, -0.05) is 0 Å².